The SMILES string of the molecule is CCOc1ccccc1N=C1SC(CC(=O)Nc2ccccc2Br)C(=O)N1Cc1ccccn1. The zero-order valence-electron chi connectivity index (χ0n) is 18.5. The lowest BCUT2D eigenvalue weighted by Gasteiger charge is -2.16. The van der Waals surface area contributed by atoms with Crippen molar-refractivity contribution in [1.82, 2.24) is 9.88 Å². The number of halogens is 1. The van der Waals surface area contributed by atoms with E-state index in [1.165, 1.54) is 11.8 Å². The number of carbonyl (C=O) groups is 2. The third kappa shape index (κ3) is 5.84. The highest BCUT2D eigenvalue weighted by Gasteiger charge is 2.39. The van der Waals surface area contributed by atoms with E-state index < -0.39 is 5.25 Å². The Hall–Kier alpha value is -3.17. The van der Waals surface area contributed by atoms with Crippen molar-refractivity contribution in [3.63, 3.8) is 0 Å². The van der Waals surface area contributed by atoms with Crippen LogP contribution in [0, 0.1) is 0 Å². The van der Waals surface area contributed by atoms with Gasteiger partial charge in [-0.25, -0.2) is 4.99 Å². The molecule has 4 rings (SSSR count). The number of ether oxygens (including phenoxy) is 1. The van der Waals surface area contributed by atoms with Crippen LogP contribution in [0.5, 0.6) is 5.75 Å². The van der Waals surface area contributed by atoms with Crippen LogP contribution in [-0.2, 0) is 16.1 Å². The molecule has 1 N–H and O–H groups in total. The molecule has 9 heteroatoms. The van der Waals surface area contributed by atoms with Gasteiger partial charge in [0, 0.05) is 17.1 Å². The van der Waals surface area contributed by atoms with Crippen molar-refractivity contribution >= 4 is 56.0 Å². The number of benzene rings is 2. The average molecular weight is 539 g/mol. The molecule has 1 saturated heterocycles. The Labute approximate surface area is 210 Å². The van der Waals surface area contributed by atoms with Gasteiger partial charge in [-0.1, -0.05) is 42.1 Å². The molecule has 1 fully saturated rings. The summed E-state index contributed by atoms with van der Waals surface area (Å²) in [5.41, 5.74) is 2.03. The van der Waals surface area contributed by atoms with Gasteiger partial charge in [-0.15, -0.1) is 0 Å². The van der Waals surface area contributed by atoms with Gasteiger partial charge in [-0.05, 0) is 59.3 Å². The van der Waals surface area contributed by atoms with E-state index >= 15 is 0 Å². The number of nitrogens with one attached hydrogen (secondary N) is 1. The summed E-state index contributed by atoms with van der Waals surface area (Å²) in [6.45, 7) is 2.68. The predicted molar refractivity (Wildman–Crippen MR) is 138 cm³/mol. The van der Waals surface area contributed by atoms with E-state index in [0.29, 0.717) is 28.9 Å². The average Bonchev–Trinajstić information content (AvgIpc) is 3.11. The first-order valence-electron chi connectivity index (χ1n) is 10.8. The summed E-state index contributed by atoms with van der Waals surface area (Å²) in [5.74, 6) is 0.218. The molecule has 2 aromatic carbocycles. The maximum Gasteiger partial charge on any atom is 0.243 e. The van der Waals surface area contributed by atoms with E-state index in [1.54, 1.807) is 17.2 Å². The van der Waals surface area contributed by atoms with Gasteiger partial charge in [0.2, 0.25) is 11.8 Å². The number of thioether (sulfide) groups is 1. The van der Waals surface area contributed by atoms with Crippen molar-refractivity contribution in [2.75, 3.05) is 11.9 Å². The van der Waals surface area contributed by atoms with Crippen molar-refractivity contribution < 1.29 is 14.3 Å². The highest BCUT2D eigenvalue weighted by Crippen LogP contribution is 2.35. The van der Waals surface area contributed by atoms with Gasteiger partial charge in [-0.3, -0.25) is 19.5 Å². The first-order chi connectivity index (χ1) is 16.5. The minimum atomic E-state index is -0.593. The Balaban J connectivity index is 1.58. The summed E-state index contributed by atoms with van der Waals surface area (Å²) in [7, 11) is 0. The lowest BCUT2D eigenvalue weighted by atomic mass is 10.2. The topological polar surface area (TPSA) is 83.9 Å². The number of hydrogen-bond donors (Lipinski definition) is 1. The Bertz CT molecular complexity index is 1210. The molecule has 2 amide bonds. The van der Waals surface area contributed by atoms with E-state index in [2.05, 4.69) is 26.2 Å². The number of rotatable bonds is 8. The number of amidine groups is 1. The van der Waals surface area contributed by atoms with Crippen LogP contribution >= 0.6 is 27.7 Å². The van der Waals surface area contributed by atoms with Crippen molar-refractivity contribution in [2.24, 2.45) is 4.99 Å². The van der Waals surface area contributed by atoms with E-state index in [1.807, 2.05) is 67.6 Å². The molecule has 1 atom stereocenters. The Morgan fingerprint density at radius 2 is 1.91 bits per heavy atom. The number of anilines is 1. The second kappa shape index (κ2) is 11.3. The van der Waals surface area contributed by atoms with Gasteiger partial charge >= 0.3 is 0 Å². The maximum atomic E-state index is 13.4. The fourth-order valence-corrected chi connectivity index (χ4v) is 4.92. The fraction of sp³-hybridized carbons (Fsp3) is 0.200. The van der Waals surface area contributed by atoms with Gasteiger partial charge in [-0.2, -0.15) is 0 Å². The molecule has 0 saturated carbocycles. The molecule has 7 nitrogen and oxygen atoms in total. The lowest BCUT2D eigenvalue weighted by Crippen LogP contribution is -2.33. The van der Waals surface area contributed by atoms with Gasteiger partial charge < -0.3 is 10.1 Å². The number of aromatic nitrogens is 1. The summed E-state index contributed by atoms with van der Waals surface area (Å²) in [4.78, 5) is 36.8. The monoisotopic (exact) mass is 538 g/mol. The molecule has 0 aliphatic carbocycles. The van der Waals surface area contributed by atoms with E-state index in [0.717, 1.165) is 10.2 Å². The minimum Gasteiger partial charge on any atom is -0.492 e. The minimum absolute atomic E-state index is 0.0235. The molecule has 0 radical (unpaired) electrons. The van der Waals surface area contributed by atoms with Crippen LogP contribution in [0.25, 0.3) is 0 Å². The van der Waals surface area contributed by atoms with E-state index in [-0.39, 0.29) is 24.8 Å². The first-order valence-corrected chi connectivity index (χ1v) is 12.4. The molecule has 174 valence electrons. The van der Waals surface area contributed by atoms with Crippen LogP contribution in [0.4, 0.5) is 11.4 Å². The molecule has 0 spiro atoms. The van der Waals surface area contributed by atoms with Gasteiger partial charge in [0.05, 0.1) is 24.5 Å². The third-order valence-electron chi connectivity index (χ3n) is 4.97. The van der Waals surface area contributed by atoms with Crippen LogP contribution in [0.3, 0.4) is 0 Å². The molecule has 2 heterocycles. The summed E-state index contributed by atoms with van der Waals surface area (Å²) in [5, 5.41) is 2.79. The Morgan fingerprint density at radius 1 is 1.15 bits per heavy atom. The number of hydrogen-bond acceptors (Lipinski definition) is 6. The molecule has 1 aliphatic rings. The number of amides is 2. The van der Waals surface area contributed by atoms with E-state index in [4.69, 9.17) is 9.73 Å². The lowest BCUT2D eigenvalue weighted by molar-refractivity contribution is -0.128. The normalized spacial score (nSPS) is 16.6. The van der Waals surface area contributed by atoms with Crippen LogP contribution in [0.15, 0.2) is 82.4 Å². The van der Waals surface area contributed by atoms with E-state index in [9.17, 15) is 9.59 Å². The van der Waals surface area contributed by atoms with Crippen molar-refractivity contribution in [1.29, 1.82) is 0 Å². The molecule has 3 aromatic rings. The molecule has 1 unspecified atom stereocenters. The van der Waals surface area contributed by atoms with Crippen molar-refractivity contribution in [3.8, 4) is 5.75 Å². The highest BCUT2D eigenvalue weighted by atomic mass is 79.9. The predicted octanol–water partition coefficient (Wildman–Crippen LogP) is 5.40. The summed E-state index contributed by atoms with van der Waals surface area (Å²) < 4.78 is 6.47. The molecule has 1 aliphatic heterocycles. The summed E-state index contributed by atoms with van der Waals surface area (Å²) in [6, 6.07) is 20.3. The fourth-order valence-electron chi connectivity index (χ4n) is 3.39. The van der Waals surface area contributed by atoms with Gasteiger partial charge in [0.25, 0.3) is 0 Å². The molecule has 1 aromatic heterocycles. The number of pyridine rings is 1. The summed E-state index contributed by atoms with van der Waals surface area (Å²) in [6.07, 6.45) is 1.71. The number of aliphatic imine (C=N–C) groups is 1. The largest absolute Gasteiger partial charge is 0.492 e. The number of carbonyl (C=O) groups excluding carboxylic acids is 2. The third-order valence-corrected chi connectivity index (χ3v) is 6.83. The smallest absolute Gasteiger partial charge is 0.243 e. The molecular formula is C25H23BrN4O3S. The zero-order chi connectivity index (χ0) is 23.9. The van der Waals surface area contributed by atoms with Crippen molar-refractivity contribution in [2.45, 2.75) is 25.1 Å². The second-order valence-corrected chi connectivity index (χ2v) is 9.40. The number of nitrogens with zero attached hydrogens (tertiary/aromatic N) is 3. The Morgan fingerprint density at radius 3 is 2.68 bits per heavy atom. The molecule has 34 heavy (non-hydrogen) atoms. The van der Waals surface area contributed by atoms with Crippen LogP contribution < -0.4 is 10.1 Å². The molecule has 0 bridgehead atoms. The Kier molecular flexibility index (Phi) is 7.97. The molecular weight excluding hydrogens is 516 g/mol. The van der Waals surface area contributed by atoms with Crippen molar-refractivity contribution in [3.05, 3.63) is 83.1 Å². The quantitative estimate of drug-likeness (QED) is 0.414. The van der Waals surface area contributed by atoms with Crippen LogP contribution in [0.1, 0.15) is 19.0 Å². The zero-order valence-corrected chi connectivity index (χ0v) is 20.9. The van der Waals surface area contributed by atoms with Gasteiger partial charge in [0.15, 0.2) is 5.17 Å². The second-order valence-electron chi connectivity index (χ2n) is 7.38. The van der Waals surface area contributed by atoms with Gasteiger partial charge in [0.1, 0.15) is 16.7 Å². The van der Waals surface area contributed by atoms with Crippen LogP contribution in [0.2, 0.25) is 0 Å². The standard InChI is InChI=1S/C25H23BrN4O3S/c1-2-33-21-13-6-5-12-20(21)29-25-30(16-17-9-7-8-14-27-17)24(32)22(34-25)15-23(31)28-19-11-4-3-10-18(19)26/h3-14,22H,2,15-16H2,1H3,(H,28,31). The summed E-state index contributed by atoms with van der Waals surface area (Å²) >= 11 is 4.71. The maximum absolute atomic E-state index is 13.4. The van der Waals surface area contributed by atoms with Crippen LogP contribution in [-0.4, -0.2) is 38.7 Å². The first kappa shape index (κ1) is 24.0. The number of para-hydroxylation sites is 3. The highest BCUT2D eigenvalue weighted by molar-refractivity contribution is 9.10.